The maximum atomic E-state index is 12.5. The number of rotatable bonds is 8. The molecule has 10 heteroatoms. The number of likely N-dealkylation sites (N-methyl/N-ethyl adjacent to an activating group) is 1. The van der Waals surface area contributed by atoms with Crippen molar-refractivity contribution < 1.29 is 17.9 Å². The fraction of sp³-hybridized carbons (Fsp3) is 0.200. The van der Waals surface area contributed by atoms with Crippen molar-refractivity contribution in [2.45, 2.75) is 11.4 Å². The molecule has 158 valence electrons. The van der Waals surface area contributed by atoms with Gasteiger partial charge < -0.3 is 10.1 Å². The van der Waals surface area contributed by atoms with E-state index in [1.165, 1.54) is 31.3 Å². The summed E-state index contributed by atoms with van der Waals surface area (Å²) in [4.78, 5) is 12.3. The Morgan fingerprint density at radius 3 is 2.43 bits per heavy atom. The number of carbonyl (C=O) groups is 1. The van der Waals surface area contributed by atoms with Crippen molar-refractivity contribution in [2.75, 3.05) is 20.7 Å². The van der Waals surface area contributed by atoms with E-state index in [1.807, 2.05) is 24.3 Å². The van der Waals surface area contributed by atoms with Crippen LogP contribution in [0.5, 0.6) is 5.75 Å². The molecule has 0 atom stereocenters. The number of benzene rings is 2. The third-order valence-electron chi connectivity index (χ3n) is 4.34. The van der Waals surface area contributed by atoms with Crippen LogP contribution < -0.4 is 10.1 Å². The highest BCUT2D eigenvalue weighted by atomic mass is 35.5. The minimum atomic E-state index is -3.79. The summed E-state index contributed by atoms with van der Waals surface area (Å²) in [6.07, 6.45) is 1.78. The van der Waals surface area contributed by atoms with Crippen molar-refractivity contribution >= 4 is 27.5 Å². The van der Waals surface area contributed by atoms with E-state index in [0.29, 0.717) is 10.7 Å². The van der Waals surface area contributed by atoms with Crippen molar-refractivity contribution in [3.63, 3.8) is 0 Å². The van der Waals surface area contributed by atoms with Crippen molar-refractivity contribution in [1.29, 1.82) is 0 Å². The molecule has 0 fully saturated rings. The first kappa shape index (κ1) is 21.8. The minimum absolute atomic E-state index is 0.0698. The van der Waals surface area contributed by atoms with Crippen molar-refractivity contribution in [2.24, 2.45) is 0 Å². The first-order valence-corrected chi connectivity index (χ1v) is 10.8. The second kappa shape index (κ2) is 9.29. The highest BCUT2D eigenvalue weighted by Gasteiger charge is 2.22. The van der Waals surface area contributed by atoms with Gasteiger partial charge in [0.25, 0.3) is 0 Å². The van der Waals surface area contributed by atoms with Crippen LogP contribution in [0.15, 0.2) is 65.7 Å². The Kier molecular flexibility index (Phi) is 6.76. The molecule has 30 heavy (non-hydrogen) atoms. The first-order chi connectivity index (χ1) is 14.3. The number of ether oxygens (including phenoxy) is 1. The first-order valence-electron chi connectivity index (χ1n) is 8.97. The molecule has 0 unspecified atom stereocenters. The Labute approximate surface area is 180 Å². The lowest BCUT2D eigenvalue weighted by Gasteiger charge is -2.16. The molecule has 1 heterocycles. The van der Waals surface area contributed by atoms with Gasteiger partial charge in [-0.2, -0.15) is 9.40 Å². The van der Waals surface area contributed by atoms with Gasteiger partial charge in [0.1, 0.15) is 5.75 Å². The quantitative estimate of drug-likeness (QED) is 0.571. The van der Waals surface area contributed by atoms with Crippen LogP contribution in [0.3, 0.4) is 0 Å². The Morgan fingerprint density at radius 1 is 1.13 bits per heavy atom. The second-order valence-electron chi connectivity index (χ2n) is 6.44. The van der Waals surface area contributed by atoms with Crippen LogP contribution >= 0.6 is 11.6 Å². The molecule has 3 rings (SSSR count). The van der Waals surface area contributed by atoms with Crippen LogP contribution in [0.2, 0.25) is 5.02 Å². The van der Waals surface area contributed by atoms with Crippen LogP contribution in [0.4, 0.5) is 0 Å². The van der Waals surface area contributed by atoms with Crippen molar-refractivity contribution in [1.82, 2.24) is 19.4 Å². The van der Waals surface area contributed by atoms with Gasteiger partial charge in [0, 0.05) is 18.3 Å². The summed E-state index contributed by atoms with van der Waals surface area (Å²) < 4.78 is 32.9. The highest BCUT2D eigenvalue weighted by molar-refractivity contribution is 7.89. The lowest BCUT2D eigenvalue weighted by Crippen LogP contribution is -2.38. The Hall–Kier alpha value is -2.88. The summed E-state index contributed by atoms with van der Waals surface area (Å²) in [7, 11) is -0.839. The number of hydrogen-bond acceptors (Lipinski definition) is 5. The van der Waals surface area contributed by atoms with Crippen LogP contribution in [0.25, 0.3) is 5.69 Å². The maximum absolute atomic E-state index is 12.5. The largest absolute Gasteiger partial charge is 0.497 e. The van der Waals surface area contributed by atoms with Gasteiger partial charge in [0.15, 0.2) is 0 Å². The van der Waals surface area contributed by atoms with Crippen molar-refractivity contribution in [3.8, 4) is 11.4 Å². The molecule has 0 aliphatic carbocycles. The molecule has 0 radical (unpaired) electrons. The van der Waals surface area contributed by atoms with E-state index in [1.54, 1.807) is 24.1 Å². The summed E-state index contributed by atoms with van der Waals surface area (Å²) in [5.41, 5.74) is 1.49. The average molecular weight is 449 g/mol. The maximum Gasteiger partial charge on any atom is 0.243 e. The number of sulfonamides is 1. The lowest BCUT2D eigenvalue weighted by atomic mass is 10.3. The van der Waals surface area contributed by atoms with E-state index in [4.69, 9.17) is 16.3 Å². The highest BCUT2D eigenvalue weighted by Crippen LogP contribution is 2.17. The second-order valence-corrected chi connectivity index (χ2v) is 8.92. The lowest BCUT2D eigenvalue weighted by molar-refractivity contribution is -0.121. The zero-order chi connectivity index (χ0) is 21.7. The topological polar surface area (TPSA) is 93.5 Å². The third-order valence-corrected chi connectivity index (χ3v) is 6.41. The van der Waals surface area contributed by atoms with Gasteiger partial charge in [-0.15, -0.1) is 0 Å². The summed E-state index contributed by atoms with van der Waals surface area (Å²) in [5, 5.41) is 7.53. The molecule has 1 aromatic heterocycles. The van der Waals surface area contributed by atoms with E-state index >= 15 is 0 Å². The van der Waals surface area contributed by atoms with Crippen LogP contribution in [-0.2, 0) is 21.4 Å². The monoisotopic (exact) mass is 448 g/mol. The van der Waals surface area contributed by atoms with Crippen LogP contribution in [0.1, 0.15) is 5.69 Å². The van der Waals surface area contributed by atoms with Gasteiger partial charge in [-0.05, 0) is 54.6 Å². The fourth-order valence-electron chi connectivity index (χ4n) is 2.65. The molecule has 0 aliphatic rings. The number of carbonyl (C=O) groups excluding carboxylic acids is 1. The Balaban J connectivity index is 1.56. The molecular weight excluding hydrogens is 428 g/mol. The number of nitrogens with one attached hydrogen (secondary N) is 1. The Bertz CT molecular complexity index is 1110. The molecule has 0 bridgehead atoms. The Morgan fingerprint density at radius 2 is 1.80 bits per heavy atom. The summed E-state index contributed by atoms with van der Waals surface area (Å²) in [6.45, 7) is -0.138. The number of nitrogens with zero attached hydrogens (tertiary/aromatic N) is 3. The summed E-state index contributed by atoms with van der Waals surface area (Å²) in [6, 6.07) is 14.9. The van der Waals surface area contributed by atoms with Crippen LogP contribution in [-0.4, -0.2) is 49.1 Å². The SMILES string of the molecule is COc1ccc(-n2ccc(CNC(=O)CN(C)S(=O)(=O)c3ccc(Cl)cc3)n2)cc1. The van der Waals surface area contributed by atoms with Gasteiger partial charge in [0.2, 0.25) is 15.9 Å². The minimum Gasteiger partial charge on any atom is -0.497 e. The van der Waals surface area contributed by atoms with E-state index < -0.39 is 15.9 Å². The normalized spacial score (nSPS) is 11.5. The van der Waals surface area contributed by atoms with E-state index in [-0.39, 0.29) is 18.0 Å². The van der Waals surface area contributed by atoms with Gasteiger partial charge in [-0.25, -0.2) is 13.1 Å². The zero-order valence-electron chi connectivity index (χ0n) is 16.4. The molecule has 0 aliphatic heterocycles. The molecule has 2 aromatic carbocycles. The zero-order valence-corrected chi connectivity index (χ0v) is 18.0. The molecule has 0 spiro atoms. The third kappa shape index (κ3) is 5.18. The number of methoxy groups -OCH3 is 1. The average Bonchev–Trinajstić information content (AvgIpc) is 3.21. The molecule has 8 nitrogen and oxygen atoms in total. The summed E-state index contributed by atoms with van der Waals surface area (Å²) in [5.74, 6) is 0.310. The molecule has 0 saturated carbocycles. The van der Waals surface area contributed by atoms with Gasteiger partial charge in [-0.3, -0.25) is 4.79 Å². The smallest absolute Gasteiger partial charge is 0.243 e. The fourth-order valence-corrected chi connectivity index (χ4v) is 3.91. The van der Waals surface area contributed by atoms with E-state index in [9.17, 15) is 13.2 Å². The summed E-state index contributed by atoms with van der Waals surface area (Å²) >= 11 is 5.79. The number of aromatic nitrogens is 2. The van der Waals surface area contributed by atoms with E-state index in [0.717, 1.165) is 15.7 Å². The van der Waals surface area contributed by atoms with Gasteiger partial charge in [-0.1, -0.05) is 11.6 Å². The molecule has 3 aromatic rings. The van der Waals surface area contributed by atoms with Gasteiger partial charge in [0.05, 0.1) is 36.5 Å². The molecule has 0 saturated heterocycles. The molecule has 1 amide bonds. The standard InChI is InChI=1S/C20H21ClN4O4S/c1-24(30(27,28)19-9-3-15(21)4-10-19)14-20(26)22-13-16-11-12-25(23-16)17-5-7-18(29-2)8-6-17/h3-12H,13-14H2,1-2H3,(H,22,26). The number of halogens is 1. The van der Waals surface area contributed by atoms with Crippen LogP contribution in [0, 0.1) is 0 Å². The number of amides is 1. The predicted octanol–water partition coefficient (Wildman–Crippen LogP) is 2.47. The van der Waals surface area contributed by atoms with E-state index in [2.05, 4.69) is 10.4 Å². The van der Waals surface area contributed by atoms with Gasteiger partial charge >= 0.3 is 0 Å². The van der Waals surface area contributed by atoms with Crippen molar-refractivity contribution in [3.05, 3.63) is 71.5 Å². The molecular formula is C20H21ClN4O4S. The molecule has 1 N–H and O–H groups in total. The number of hydrogen-bond donors (Lipinski definition) is 1. The predicted molar refractivity (Wildman–Crippen MR) is 113 cm³/mol.